The Morgan fingerprint density at radius 1 is 1.47 bits per heavy atom. The second kappa shape index (κ2) is 4.52. The molecule has 2 fully saturated rings. The summed E-state index contributed by atoms with van der Waals surface area (Å²) in [6, 6.07) is -0.0448. The number of carbonyl (C=O) groups excluding carboxylic acids is 1. The molecule has 3 heteroatoms. The highest BCUT2D eigenvalue weighted by Crippen LogP contribution is 2.48. The number of hydrogen-bond donors (Lipinski definition) is 2. The van der Waals surface area contributed by atoms with Gasteiger partial charge in [0.05, 0.1) is 12.6 Å². The molecule has 0 saturated heterocycles. The van der Waals surface area contributed by atoms with E-state index in [0.29, 0.717) is 5.92 Å². The lowest BCUT2D eigenvalue weighted by atomic mass is 9.88. The Bertz CT molecular complexity index is 238. The minimum absolute atomic E-state index is 0.0448. The van der Waals surface area contributed by atoms with E-state index in [1.165, 1.54) is 19.3 Å². The van der Waals surface area contributed by atoms with Crippen LogP contribution >= 0.6 is 0 Å². The molecule has 0 aromatic carbocycles. The molecule has 2 saturated carbocycles. The van der Waals surface area contributed by atoms with Crippen LogP contribution in [0.4, 0.5) is 0 Å². The summed E-state index contributed by atoms with van der Waals surface area (Å²) in [5.74, 6) is 1.86. The topological polar surface area (TPSA) is 49.3 Å². The lowest BCUT2D eigenvalue weighted by molar-refractivity contribution is -0.127. The molecular formula is C12H21NO2. The Hall–Kier alpha value is -0.570. The van der Waals surface area contributed by atoms with E-state index < -0.39 is 0 Å². The molecule has 4 atom stereocenters. The van der Waals surface area contributed by atoms with Gasteiger partial charge in [-0.2, -0.15) is 0 Å². The summed E-state index contributed by atoms with van der Waals surface area (Å²) in [5, 5.41) is 12.0. The van der Waals surface area contributed by atoms with Crippen LogP contribution < -0.4 is 5.32 Å². The number of aliphatic hydroxyl groups excluding tert-OH is 1. The van der Waals surface area contributed by atoms with Gasteiger partial charge < -0.3 is 10.4 Å². The van der Waals surface area contributed by atoms with Gasteiger partial charge in [-0.25, -0.2) is 0 Å². The van der Waals surface area contributed by atoms with Gasteiger partial charge in [0.2, 0.25) is 5.91 Å². The smallest absolute Gasteiger partial charge is 0.223 e. The molecule has 0 heterocycles. The summed E-state index contributed by atoms with van der Waals surface area (Å²) >= 11 is 0. The lowest BCUT2D eigenvalue weighted by Gasteiger charge is -2.23. The van der Waals surface area contributed by atoms with E-state index >= 15 is 0 Å². The van der Waals surface area contributed by atoms with Crippen LogP contribution in [0.5, 0.6) is 0 Å². The minimum atomic E-state index is -0.0448. The fourth-order valence-corrected chi connectivity index (χ4v) is 3.15. The predicted molar refractivity (Wildman–Crippen MR) is 58.2 cm³/mol. The van der Waals surface area contributed by atoms with Crippen LogP contribution in [-0.4, -0.2) is 23.7 Å². The zero-order valence-corrected chi connectivity index (χ0v) is 9.41. The van der Waals surface area contributed by atoms with E-state index in [4.69, 9.17) is 5.11 Å². The number of nitrogens with one attached hydrogen (secondary N) is 1. The number of fused-ring (bicyclic) bond motifs is 2. The highest BCUT2D eigenvalue weighted by atomic mass is 16.3. The van der Waals surface area contributed by atoms with Crippen molar-refractivity contribution < 1.29 is 9.90 Å². The normalized spacial score (nSPS) is 35.5. The Balaban J connectivity index is 1.86. The molecule has 86 valence electrons. The monoisotopic (exact) mass is 211 g/mol. The quantitative estimate of drug-likeness (QED) is 0.736. The fourth-order valence-electron chi connectivity index (χ4n) is 3.15. The molecule has 2 N–H and O–H groups in total. The summed E-state index contributed by atoms with van der Waals surface area (Å²) in [4.78, 5) is 11.9. The third kappa shape index (κ3) is 2.17. The Morgan fingerprint density at radius 3 is 2.73 bits per heavy atom. The van der Waals surface area contributed by atoms with E-state index in [0.717, 1.165) is 18.8 Å². The minimum Gasteiger partial charge on any atom is -0.394 e. The van der Waals surface area contributed by atoms with Crippen molar-refractivity contribution in [3.63, 3.8) is 0 Å². The molecule has 2 rings (SSSR count). The highest BCUT2D eigenvalue weighted by molar-refractivity contribution is 5.79. The Labute approximate surface area is 91.2 Å². The highest BCUT2D eigenvalue weighted by Gasteiger charge is 2.43. The number of hydrogen-bond acceptors (Lipinski definition) is 2. The number of amides is 1. The first kappa shape index (κ1) is 10.9. The molecule has 0 radical (unpaired) electrons. The third-order valence-corrected chi connectivity index (χ3v) is 4.13. The van der Waals surface area contributed by atoms with Crippen LogP contribution in [0, 0.1) is 17.8 Å². The molecule has 2 aliphatic rings. The van der Waals surface area contributed by atoms with Gasteiger partial charge in [-0.1, -0.05) is 13.3 Å². The first-order chi connectivity index (χ1) is 7.24. The maximum atomic E-state index is 11.9. The molecule has 0 aromatic rings. The maximum Gasteiger partial charge on any atom is 0.223 e. The molecule has 3 nitrogen and oxygen atoms in total. The van der Waals surface area contributed by atoms with Crippen LogP contribution in [0.2, 0.25) is 0 Å². The average molecular weight is 211 g/mol. The van der Waals surface area contributed by atoms with Gasteiger partial charge in [-0.05, 0) is 37.5 Å². The second-order valence-corrected chi connectivity index (χ2v) is 5.08. The third-order valence-electron chi connectivity index (χ3n) is 4.13. The summed E-state index contributed by atoms with van der Waals surface area (Å²) in [5.41, 5.74) is 0. The standard InChI is InChI=1S/C12H21NO2/c1-2-10(7-14)13-12(15)11-6-8-3-4-9(11)5-8/h8-11,14H,2-7H2,1H3,(H,13,15)/t8?,9?,10-,11?/m1/s1. The molecule has 2 aliphatic carbocycles. The fraction of sp³-hybridized carbons (Fsp3) is 0.917. The van der Waals surface area contributed by atoms with Crippen molar-refractivity contribution in [2.45, 2.75) is 45.1 Å². The second-order valence-electron chi connectivity index (χ2n) is 5.08. The van der Waals surface area contributed by atoms with Crippen molar-refractivity contribution in [3.8, 4) is 0 Å². The van der Waals surface area contributed by atoms with E-state index in [2.05, 4.69) is 5.32 Å². The van der Waals surface area contributed by atoms with Gasteiger partial charge in [-0.15, -0.1) is 0 Å². The van der Waals surface area contributed by atoms with Gasteiger partial charge in [0.25, 0.3) is 0 Å². The van der Waals surface area contributed by atoms with Crippen molar-refractivity contribution in [2.24, 2.45) is 17.8 Å². The van der Waals surface area contributed by atoms with Gasteiger partial charge in [0, 0.05) is 5.92 Å². The van der Waals surface area contributed by atoms with E-state index in [9.17, 15) is 4.79 Å². The molecule has 0 aliphatic heterocycles. The molecule has 15 heavy (non-hydrogen) atoms. The van der Waals surface area contributed by atoms with Crippen molar-refractivity contribution in [3.05, 3.63) is 0 Å². The molecular weight excluding hydrogens is 190 g/mol. The zero-order valence-electron chi connectivity index (χ0n) is 9.41. The van der Waals surface area contributed by atoms with Crippen molar-refractivity contribution >= 4 is 5.91 Å². The van der Waals surface area contributed by atoms with E-state index in [1.54, 1.807) is 0 Å². The van der Waals surface area contributed by atoms with Gasteiger partial charge >= 0.3 is 0 Å². The maximum absolute atomic E-state index is 11.9. The first-order valence-corrected chi connectivity index (χ1v) is 6.15. The molecule has 0 aromatic heterocycles. The first-order valence-electron chi connectivity index (χ1n) is 6.15. The lowest BCUT2D eigenvalue weighted by Crippen LogP contribution is -2.42. The van der Waals surface area contributed by atoms with Gasteiger partial charge in [-0.3, -0.25) is 4.79 Å². The van der Waals surface area contributed by atoms with Crippen molar-refractivity contribution in [1.29, 1.82) is 0 Å². The van der Waals surface area contributed by atoms with Crippen LogP contribution in [0.15, 0.2) is 0 Å². The van der Waals surface area contributed by atoms with Gasteiger partial charge in [0.15, 0.2) is 0 Å². The zero-order chi connectivity index (χ0) is 10.8. The van der Waals surface area contributed by atoms with Crippen molar-refractivity contribution in [2.75, 3.05) is 6.61 Å². The van der Waals surface area contributed by atoms with Gasteiger partial charge in [0.1, 0.15) is 0 Å². The largest absolute Gasteiger partial charge is 0.394 e. The molecule has 3 unspecified atom stereocenters. The Kier molecular flexibility index (Phi) is 3.29. The van der Waals surface area contributed by atoms with E-state index in [-0.39, 0.29) is 24.5 Å². The van der Waals surface area contributed by atoms with E-state index in [1.807, 2.05) is 6.92 Å². The molecule has 0 spiro atoms. The summed E-state index contributed by atoms with van der Waals surface area (Å²) in [6.45, 7) is 2.05. The van der Waals surface area contributed by atoms with Crippen LogP contribution in [0.25, 0.3) is 0 Å². The average Bonchev–Trinajstić information content (AvgIpc) is 2.87. The summed E-state index contributed by atoms with van der Waals surface area (Å²) in [6.07, 6.45) is 5.71. The Morgan fingerprint density at radius 2 is 2.27 bits per heavy atom. The number of rotatable bonds is 4. The summed E-state index contributed by atoms with van der Waals surface area (Å²) < 4.78 is 0. The van der Waals surface area contributed by atoms with Crippen LogP contribution in [-0.2, 0) is 4.79 Å². The van der Waals surface area contributed by atoms with Crippen LogP contribution in [0.1, 0.15) is 39.0 Å². The predicted octanol–water partition coefficient (Wildman–Crippen LogP) is 1.31. The summed E-state index contributed by atoms with van der Waals surface area (Å²) in [7, 11) is 0. The SMILES string of the molecule is CC[C@H](CO)NC(=O)C1CC2CCC1C2. The van der Waals surface area contributed by atoms with Crippen LogP contribution in [0.3, 0.4) is 0 Å². The number of carbonyl (C=O) groups is 1. The molecule has 1 amide bonds. The number of aliphatic hydroxyl groups is 1. The molecule has 2 bridgehead atoms. The van der Waals surface area contributed by atoms with Crippen molar-refractivity contribution in [1.82, 2.24) is 5.32 Å².